The van der Waals surface area contributed by atoms with Crippen LogP contribution in [0.4, 0.5) is 14.5 Å². The van der Waals surface area contributed by atoms with Gasteiger partial charge in [-0.05, 0) is 43.3 Å². The first kappa shape index (κ1) is 24.0. The van der Waals surface area contributed by atoms with Gasteiger partial charge in [0.25, 0.3) is 6.43 Å². The fraction of sp³-hybridized carbons (Fsp3) is 0.200. The number of halogens is 4. The SMILES string of the molecule is COc1cc(NC(=O)Cn2nc(C(F)F)c(Cl)c2C)cc(S(=O)(=O)c2ccc(Cl)cc2)c1. The molecule has 0 spiro atoms. The molecule has 0 radical (unpaired) electrons. The minimum absolute atomic E-state index is 0.00812. The van der Waals surface area contributed by atoms with Gasteiger partial charge in [-0.15, -0.1) is 0 Å². The van der Waals surface area contributed by atoms with Crippen molar-refractivity contribution in [1.29, 1.82) is 0 Å². The molecule has 0 aliphatic rings. The van der Waals surface area contributed by atoms with Crippen molar-refractivity contribution in [3.63, 3.8) is 0 Å². The Bertz CT molecular complexity index is 1260. The monoisotopic (exact) mass is 503 g/mol. The highest BCUT2D eigenvalue weighted by atomic mass is 35.5. The largest absolute Gasteiger partial charge is 0.497 e. The zero-order chi connectivity index (χ0) is 23.6. The Balaban J connectivity index is 1.88. The molecule has 0 aliphatic heterocycles. The minimum Gasteiger partial charge on any atom is -0.497 e. The van der Waals surface area contributed by atoms with Crippen LogP contribution in [0, 0.1) is 6.92 Å². The molecular formula is C20H17Cl2F2N3O4S. The van der Waals surface area contributed by atoms with E-state index in [4.69, 9.17) is 27.9 Å². The van der Waals surface area contributed by atoms with Crippen LogP contribution in [0.1, 0.15) is 17.8 Å². The van der Waals surface area contributed by atoms with E-state index in [-0.39, 0.29) is 31.9 Å². The van der Waals surface area contributed by atoms with Gasteiger partial charge in [-0.1, -0.05) is 23.2 Å². The number of aromatic nitrogens is 2. The molecular weight excluding hydrogens is 487 g/mol. The molecule has 0 unspecified atom stereocenters. The summed E-state index contributed by atoms with van der Waals surface area (Å²) in [6, 6.07) is 9.61. The molecule has 1 N–H and O–H groups in total. The van der Waals surface area contributed by atoms with E-state index in [2.05, 4.69) is 10.4 Å². The van der Waals surface area contributed by atoms with Gasteiger partial charge in [-0.2, -0.15) is 5.10 Å². The molecule has 1 aromatic heterocycles. The normalized spacial score (nSPS) is 11.6. The molecule has 1 amide bonds. The maximum absolute atomic E-state index is 13.0. The van der Waals surface area contributed by atoms with Crippen molar-refractivity contribution in [2.45, 2.75) is 29.7 Å². The van der Waals surface area contributed by atoms with Crippen LogP contribution in [0.3, 0.4) is 0 Å². The van der Waals surface area contributed by atoms with Gasteiger partial charge in [0.1, 0.15) is 18.0 Å². The third-order valence-electron chi connectivity index (χ3n) is 4.49. The molecule has 0 saturated carbocycles. The summed E-state index contributed by atoms with van der Waals surface area (Å²) in [5, 5.41) is 6.36. The van der Waals surface area contributed by atoms with Crippen molar-refractivity contribution in [2.24, 2.45) is 0 Å². The summed E-state index contributed by atoms with van der Waals surface area (Å²) in [6.07, 6.45) is -2.88. The van der Waals surface area contributed by atoms with Crippen LogP contribution >= 0.6 is 23.2 Å². The molecule has 0 bridgehead atoms. The molecule has 7 nitrogen and oxygen atoms in total. The van der Waals surface area contributed by atoms with Gasteiger partial charge >= 0.3 is 0 Å². The quantitative estimate of drug-likeness (QED) is 0.494. The lowest BCUT2D eigenvalue weighted by Crippen LogP contribution is -2.20. The van der Waals surface area contributed by atoms with Crippen LogP contribution in [-0.4, -0.2) is 31.2 Å². The summed E-state index contributed by atoms with van der Waals surface area (Å²) < 4.78 is 58.1. The number of amides is 1. The van der Waals surface area contributed by atoms with E-state index in [1.54, 1.807) is 0 Å². The summed E-state index contributed by atoms with van der Waals surface area (Å²) in [5.74, 6) is -0.440. The number of hydrogen-bond acceptors (Lipinski definition) is 5. The summed E-state index contributed by atoms with van der Waals surface area (Å²) in [5.41, 5.74) is -0.282. The smallest absolute Gasteiger partial charge is 0.283 e. The van der Waals surface area contributed by atoms with Gasteiger partial charge in [0, 0.05) is 16.8 Å². The number of anilines is 1. The number of hydrogen-bond donors (Lipinski definition) is 1. The maximum Gasteiger partial charge on any atom is 0.283 e. The van der Waals surface area contributed by atoms with E-state index < -0.39 is 34.4 Å². The zero-order valence-electron chi connectivity index (χ0n) is 16.8. The first-order valence-electron chi connectivity index (χ1n) is 9.03. The van der Waals surface area contributed by atoms with E-state index in [1.165, 1.54) is 56.5 Å². The second kappa shape index (κ2) is 9.43. The number of nitrogens with zero attached hydrogens (tertiary/aromatic N) is 2. The lowest BCUT2D eigenvalue weighted by molar-refractivity contribution is -0.117. The Morgan fingerprint density at radius 2 is 1.81 bits per heavy atom. The van der Waals surface area contributed by atoms with Gasteiger partial charge in [-0.25, -0.2) is 17.2 Å². The molecule has 3 rings (SSSR count). The topological polar surface area (TPSA) is 90.3 Å². The van der Waals surface area contributed by atoms with Crippen molar-refractivity contribution in [3.8, 4) is 5.75 Å². The average molecular weight is 504 g/mol. The summed E-state index contributed by atoms with van der Waals surface area (Å²) >= 11 is 11.7. The van der Waals surface area contributed by atoms with Gasteiger partial charge < -0.3 is 10.1 Å². The highest BCUT2D eigenvalue weighted by Crippen LogP contribution is 2.30. The van der Waals surface area contributed by atoms with Crippen molar-refractivity contribution < 1.29 is 26.7 Å². The number of benzene rings is 2. The Morgan fingerprint density at radius 3 is 2.38 bits per heavy atom. The number of ether oxygens (including phenoxy) is 1. The predicted octanol–water partition coefficient (Wildman–Crippen LogP) is 4.92. The molecule has 0 saturated heterocycles. The molecule has 0 atom stereocenters. The van der Waals surface area contributed by atoms with Gasteiger partial charge in [0.15, 0.2) is 0 Å². The first-order chi connectivity index (χ1) is 15.0. The summed E-state index contributed by atoms with van der Waals surface area (Å²) in [4.78, 5) is 12.4. The van der Waals surface area contributed by atoms with Crippen LogP contribution in [0.25, 0.3) is 0 Å². The van der Waals surface area contributed by atoms with Crippen LogP contribution in [-0.2, 0) is 21.2 Å². The maximum atomic E-state index is 13.0. The van der Waals surface area contributed by atoms with Crippen LogP contribution < -0.4 is 10.1 Å². The summed E-state index contributed by atoms with van der Waals surface area (Å²) in [6.45, 7) is 1.05. The second-order valence-electron chi connectivity index (χ2n) is 6.65. The summed E-state index contributed by atoms with van der Waals surface area (Å²) in [7, 11) is -2.58. The highest BCUT2D eigenvalue weighted by molar-refractivity contribution is 7.91. The molecule has 2 aromatic carbocycles. The first-order valence-corrected chi connectivity index (χ1v) is 11.3. The molecule has 32 heavy (non-hydrogen) atoms. The standard InChI is InChI=1S/C20H17Cl2F2N3O4S/c1-11-18(22)19(20(23)24)26-27(11)10-17(28)25-13-7-14(31-2)9-16(8-13)32(29,30)15-5-3-12(21)4-6-15/h3-9,20H,10H2,1-2H3,(H,25,28). The molecule has 0 fully saturated rings. The lowest BCUT2D eigenvalue weighted by Gasteiger charge is -2.12. The van der Waals surface area contributed by atoms with Gasteiger partial charge in [0.2, 0.25) is 15.7 Å². The predicted molar refractivity (Wildman–Crippen MR) is 115 cm³/mol. The van der Waals surface area contributed by atoms with Gasteiger partial charge in [0.05, 0.1) is 27.6 Å². The molecule has 170 valence electrons. The van der Waals surface area contributed by atoms with Gasteiger partial charge in [-0.3, -0.25) is 9.48 Å². The van der Waals surface area contributed by atoms with E-state index in [9.17, 15) is 22.0 Å². The molecule has 1 heterocycles. The lowest BCUT2D eigenvalue weighted by atomic mass is 10.3. The number of carbonyl (C=O) groups is 1. The van der Waals surface area contributed by atoms with E-state index in [1.807, 2.05) is 0 Å². The fourth-order valence-electron chi connectivity index (χ4n) is 2.84. The van der Waals surface area contributed by atoms with E-state index in [0.29, 0.717) is 5.02 Å². The number of methoxy groups -OCH3 is 1. The van der Waals surface area contributed by atoms with Crippen molar-refractivity contribution >= 4 is 44.6 Å². The minimum atomic E-state index is -3.93. The average Bonchev–Trinajstić information content (AvgIpc) is 3.02. The Kier molecular flexibility index (Phi) is 7.06. The third kappa shape index (κ3) is 5.03. The zero-order valence-corrected chi connectivity index (χ0v) is 19.1. The van der Waals surface area contributed by atoms with Crippen molar-refractivity contribution in [3.05, 3.63) is 63.9 Å². The Hall–Kier alpha value is -2.69. The van der Waals surface area contributed by atoms with Crippen LogP contribution in [0.15, 0.2) is 52.3 Å². The Labute approximate surface area is 192 Å². The van der Waals surface area contributed by atoms with E-state index in [0.717, 1.165) is 4.68 Å². The van der Waals surface area contributed by atoms with Crippen LogP contribution in [0.2, 0.25) is 10.0 Å². The molecule has 0 aliphatic carbocycles. The van der Waals surface area contributed by atoms with Crippen molar-refractivity contribution in [1.82, 2.24) is 9.78 Å². The fourth-order valence-corrected chi connectivity index (χ4v) is 4.51. The highest BCUT2D eigenvalue weighted by Gasteiger charge is 2.23. The number of alkyl halides is 2. The number of rotatable bonds is 7. The second-order valence-corrected chi connectivity index (χ2v) is 9.41. The Morgan fingerprint density at radius 1 is 1.16 bits per heavy atom. The number of nitrogens with one attached hydrogen (secondary N) is 1. The van der Waals surface area contributed by atoms with Crippen LogP contribution in [0.5, 0.6) is 5.75 Å². The van der Waals surface area contributed by atoms with E-state index >= 15 is 0 Å². The molecule has 12 heteroatoms. The molecule has 3 aromatic rings. The third-order valence-corrected chi connectivity index (χ3v) is 6.96. The van der Waals surface area contributed by atoms with Crippen molar-refractivity contribution in [2.75, 3.05) is 12.4 Å². The number of sulfone groups is 1. The number of carbonyl (C=O) groups excluding carboxylic acids is 1.